The molecule has 3 heteroatoms. The summed E-state index contributed by atoms with van der Waals surface area (Å²) in [6, 6.07) is 4.59. The van der Waals surface area contributed by atoms with E-state index in [2.05, 4.69) is 16.9 Å². The van der Waals surface area contributed by atoms with Crippen molar-refractivity contribution in [3.8, 4) is 0 Å². The zero-order valence-electron chi connectivity index (χ0n) is 7.90. The molecule has 1 aliphatic carbocycles. The minimum absolute atomic E-state index is 0.589. The zero-order chi connectivity index (χ0) is 9.26. The maximum absolute atomic E-state index is 5.52. The first kappa shape index (κ1) is 8.35. The summed E-state index contributed by atoms with van der Waals surface area (Å²) in [5.74, 6) is 0.589. The van der Waals surface area contributed by atoms with Gasteiger partial charge in [0.25, 0.3) is 0 Å². The topological polar surface area (TPSA) is 42.1 Å². The fraction of sp³-hybridized carbons (Fsp3) is 0.500. The molecule has 0 aromatic carbocycles. The third-order valence-corrected chi connectivity index (χ3v) is 2.80. The monoisotopic (exact) mass is 177 g/mol. The Kier molecular flexibility index (Phi) is 2.08. The first-order chi connectivity index (χ1) is 6.27. The standard InChI is InChI=1S/C10H15N3/c1-13(8-3-2-4-8)9-5-6-10(11)12-7-9/h5-8H,2-4H2,1H3,(H2,11,12). The summed E-state index contributed by atoms with van der Waals surface area (Å²) in [5, 5.41) is 0. The van der Waals surface area contributed by atoms with Crippen molar-refractivity contribution in [1.29, 1.82) is 0 Å². The molecule has 3 nitrogen and oxygen atoms in total. The Balaban J connectivity index is 2.10. The van der Waals surface area contributed by atoms with E-state index < -0.39 is 0 Å². The van der Waals surface area contributed by atoms with E-state index in [1.54, 1.807) is 0 Å². The van der Waals surface area contributed by atoms with Crippen LogP contribution in [0, 0.1) is 0 Å². The van der Waals surface area contributed by atoms with E-state index in [1.807, 2.05) is 18.3 Å². The third kappa shape index (κ3) is 1.59. The second-order valence-electron chi connectivity index (χ2n) is 3.64. The first-order valence-electron chi connectivity index (χ1n) is 4.72. The lowest BCUT2D eigenvalue weighted by atomic mass is 9.91. The molecule has 1 fully saturated rings. The van der Waals surface area contributed by atoms with Gasteiger partial charge >= 0.3 is 0 Å². The van der Waals surface area contributed by atoms with Gasteiger partial charge in [0.2, 0.25) is 0 Å². The van der Waals surface area contributed by atoms with Gasteiger partial charge in [-0.25, -0.2) is 4.98 Å². The van der Waals surface area contributed by atoms with E-state index in [4.69, 9.17) is 5.73 Å². The molecule has 0 saturated heterocycles. The largest absolute Gasteiger partial charge is 0.384 e. The molecule has 1 aromatic rings. The van der Waals surface area contributed by atoms with Gasteiger partial charge in [0.1, 0.15) is 5.82 Å². The molecule has 0 amide bonds. The number of nitrogen functional groups attached to an aromatic ring is 1. The summed E-state index contributed by atoms with van der Waals surface area (Å²) >= 11 is 0. The molecule has 0 radical (unpaired) electrons. The highest BCUT2D eigenvalue weighted by atomic mass is 15.1. The first-order valence-corrected chi connectivity index (χ1v) is 4.72. The van der Waals surface area contributed by atoms with Crippen molar-refractivity contribution in [3.63, 3.8) is 0 Å². The molecule has 0 atom stereocenters. The molecule has 1 saturated carbocycles. The van der Waals surface area contributed by atoms with E-state index in [9.17, 15) is 0 Å². The molecule has 1 aromatic heterocycles. The lowest BCUT2D eigenvalue weighted by Gasteiger charge is -2.36. The highest BCUT2D eigenvalue weighted by molar-refractivity contribution is 5.48. The number of pyridine rings is 1. The Labute approximate surface area is 78.6 Å². The Morgan fingerprint density at radius 2 is 2.23 bits per heavy atom. The van der Waals surface area contributed by atoms with Crippen LogP contribution in [0.5, 0.6) is 0 Å². The van der Waals surface area contributed by atoms with E-state index in [0.717, 1.165) is 0 Å². The minimum atomic E-state index is 0.589. The van der Waals surface area contributed by atoms with Gasteiger partial charge in [0.15, 0.2) is 0 Å². The van der Waals surface area contributed by atoms with Crippen LogP contribution < -0.4 is 10.6 Å². The van der Waals surface area contributed by atoms with Gasteiger partial charge in [-0.1, -0.05) is 0 Å². The van der Waals surface area contributed by atoms with Crippen molar-refractivity contribution in [2.45, 2.75) is 25.3 Å². The summed E-state index contributed by atoms with van der Waals surface area (Å²) in [7, 11) is 2.12. The second kappa shape index (κ2) is 3.24. The van der Waals surface area contributed by atoms with Crippen molar-refractivity contribution in [2.24, 2.45) is 0 Å². The Bertz CT molecular complexity index is 277. The molecule has 2 rings (SSSR count). The number of hydrogen-bond acceptors (Lipinski definition) is 3. The zero-order valence-corrected chi connectivity index (χ0v) is 7.90. The molecule has 0 aliphatic heterocycles. The summed E-state index contributed by atoms with van der Waals surface area (Å²) in [4.78, 5) is 6.36. The van der Waals surface area contributed by atoms with Crippen LogP contribution in [-0.4, -0.2) is 18.1 Å². The maximum Gasteiger partial charge on any atom is 0.123 e. The smallest absolute Gasteiger partial charge is 0.123 e. The van der Waals surface area contributed by atoms with E-state index in [0.29, 0.717) is 11.9 Å². The minimum Gasteiger partial charge on any atom is -0.384 e. The number of nitrogens with zero attached hydrogens (tertiary/aromatic N) is 2. The van der Waals surface area contributed by atoms with Gasteiger partial charge in [0, 0.05) is 13.1 Å². The van der Waals surface area contributed by atoms with Crippen LogP contribution in [0.25, 0.3) is 0 Å². The predicted molar refractivity (Wildman–Crippen MR) is 54.7 cm³/mol. The van der Waals surface area contributed by atoms with Crippen molar-refractivity contribution in [2.75, 3.05) is 17.7 Å². The van der Waals surface area contributed by atoms with Gasteiger partial charge in [-0.05, 0) is 31.4 Å². The number of nitrogens with two attached hydrogens (primary N) is 1. The molecule has 0 spiro atoms. The average Bonchev–Trinajstić information content (AvgIpc) is 2.02. The van der Waals surface area contributed by atoms with Crippen molar-refractivity contribution >= 4 is 11.5 Å². The number of hydrogen-bond donors (Lipinski definition) is 1. The van der Waals surface area contributed by atoms with Crippen molar-refractivity contribution in [3.05, 3.63) is 18.3 Å². The SMILES string of the molecule is CN(c1ccc(N)nc1)C1CCC1. The molecular weight excluding hydrogens is 162 g/mol. The number of aromatic nitrogens is 1. The fourth-order valence-electron chi connectivity index (χ4n) is 1.59. The average molecular weight is 177 g/mol. The van der Waals surface area contributed by atoms with E-state index >= 15 is 0 Å². The van der Waals surface area contributed by atoms with Crippen LogP contribution in [0.4, 0.5) is 11.5 Å². The summed E-state index contributed by atoms with van der Waals surface area (Å²) in [5.41, 5.74) is 6.69. The van der Waals surface area contributed by atoms with Crippen LogP contribution >= 0.6 is 0 Å². The molecule has 0 bridgehead atoms. The van der Waals surface area contributed by atoms with Gasteiger partial charge in [0.05, 0.1) is 11.9 Å². The van der Waals surface area contributed by atoms with Crippen molar-refractivity contribution in [1.82, 2.24) is 4.98 Å². The summed E-state index contributed by atoms with van der Waals surface area (Å²) in [6.45, 7) is 0. The number of rotatable bonds is 2. The number of anilines is 2. The fourth-order valence-corrected chi connectivity index (χ4v) is 1.59. The maximum atomic E-state index is 5.52. The predicted octanol–water partition coefficient (Wildman–Crippen LogP) is 1.65. The molecule has 2 N–H and O–H groups in total. The Morgan fingerprint density at radius 1 is 1.46 bits per heavy atom. The third-order valence-electron chi connectivity index (χ3n) is 2.80. The lowest BCUT2D eigenvalue weighted by Crippen LogP contribution is -2.37. The summed E-state index contributed by atoms with van der Waals surface area (Å²) < 4.78 is 0. The van der Waals surface area contributed by atoms with E-state index in [1.165, 1.54) is 24.9 Å². The van der Waals surface area contributed by atoms with Crippen LogP contribution in [0.15, 0.2) is 18.3 Å². The highest BCUT2D eigenvalue weighted by Gasteiger charge is 2.22. The normalized spacial score (nSPS) is 16.7. The molecule has 0 unspecified atom stereocenters. The van der Waals surface area contributed by atoms with E-state index in [-0.39, 0.29) is 0 Å². The Morgan fingerprint density at radius 3 is 2.69 bits per heavy atom. The van der Waals surface area contributed by atoms with Crippen LogP contribution in [0.2, 0.25) is 0 Å². The molecular formula is C10H15N3. The van der Waals surface area contributed by atoms with Crippen LogP contribution in [0.1, 0.15) is 19.3 Å². The van der Waals surface area contributed by atoms with Gasteiger partial charge < -0.3 is 10.6 Å². The highest BCUT2D eigenvalue weighted by Crippen LogP contribution is 2.27. The molecule has 1 heterocycles. The summed E-state index contributed by atoms with van der Waals surface area (Å²) in [6.07, 6.45) is 5.81. The van der Waals surface area contributed by atoms with Crippen LogP contribution in [0.3, 0.4) is 0 Å². The van der Waals surface area contributed by atoms with Gasteiger partial charge in [-0.15, -0.1) is 0 Å². The Hall–Kier alpha value is -1.25. The van der Waals surface area contributed by atoms with Gasteiger partial charge in [-0.3, -0.25) is 0 Å². The molecule has 13 heavy (non-hydrogen) atoms. The second-order valence-corrected chi connectivity index (χ2v) is 3.64. The molecule has 70 valence electrons. The van der Waals surface area contributed by atoms with Crippen molar-refractivity contribution < 1.29 is 0 Å². The quantitative estimate of drug-likeness (QED) is 0.747. The van der Waals surface area contributed by atoms with Gasteiger partial charge in [-0.2, -0.15) is 0 Å². The lowest BCUT2D eigenvalue weighted by molar-refractivity contribution is 0.401. The van der Waals surface area contributed by atoms with Crippen LogP contribution in [-0.2, 0) is 0 Å². The molecule has 1 aliphatic rings.